The van der Waals surface area contributed by atoms with E-state index in [2.05, 4.69) is 20.6 Å². The van der Waals surface area contributed by atoms with Gasteiger partial charge < -0.3 is 10.6 Å². The lowest BCUT2D eigenvalue weighted by molar-refractivity contribution is 0.102. The topological polar surface area (TPSA) is 101 Å². The molecule has 1 unspecified atom stereocenters. The third-order valence-corrected chi connectivity index (χ3v) is 5.60. The third-order valence-electron chi connectivity index (χ3n) is 3.83. The van der Waals surface area contributed by atoms with Crippen molar-refractivity contribution in [3.8, 4) is 0 Å². The summed E-state index contributed by atoms with van der Waals surface area (Å²) in [6, 6.07) is 3.86. The molecule has 1 fully saturated rings. The van der Waals surface area contributed by atoms with Crippen LogP contribution in [0.4, 0.5) is 20.3 Å². The number of rotatable bonds is 4. The van der Waals surface area contributed by atoms with E-state index in [0.29, 0.717) is 24.1 Å². The van der Waals surface area contributed by atoms with E-state index in [-0.39, 0.29) is 28.9 Å². The van der Waals surface area contributed by atoms with Crippen molar-refractivity contribution in [3.05, 3.63) is 47.4 Å². The maximum absolute atomic E-state index is 13.7. The Morgan fingerprint density at radius 3 is 2.65 bits per heavy atom. The number of aryl methyl sites for hydroxylation is 1. The summed E-state index contributed by atoms with van der Waals surface area (Å²) in [4.78, 5) is 20.5. The molecule has 1 aliphatic heterocycles. The summed E-state index contributed by atoms with van der Waals surface area (Å²) < 4.78 is 49.7. The van der Waals surface area contributed by atoms with E-state index >= 15 is 0 Å². The zero-order chi connectivity index (χ0) is 18.9. The number of anilines is 2. The number of halogens is 2. The fourth-order valence-electron chi connectivity index (χ4n) is 2.65. The predicted octanol–water partition coefficient (Wildman–Crippen LogP) is 1.91. The van der Waals surface area contributed by atoms with Gasteiger partial charge in [0, 0.05) is 18.2 Å². The van der Waals surface area contributed by atoms with Gasteiger partial charge in [-0.25, -0.2) is 27.2 Å². The van der Waals surface area contributed by atoms with Crippen LogP contribution in [0.5, 0.6) is 0 Å². The Labute approximate surface area is 148 Å². The molecule has 26 heavy (non-hydrogen) atoms. The molecule has 1 aliphatic rings. The Bertz CT molecular complexity index is 966. The molecule has 1 saturated heterocycles. The summed E-state index contributed by atoms with van der Waals surface area (Å²) >= 11 is 0. The van der Waals surface area contributed by atoms with Gasteiger partial charge in [-0.2, -0.15) is 0 Å². The minimum Gasteiger partial charge on any atom is -0.366 e. The minimum atomic E-state index is -3.06. The molecule has 2 aromatic rings. The van der Waals surface area contributed by atoms with Crippen LogP contribution in [-0.4, -0.2) is 41.8 Å². The van der Waals surface area contributed by atoms with E-state index in [1.165, 1.54) is 6.07 Å². The van der Waals surface area contributed by atoms with Gasteiger partial charge in [0.1, 0.15) is 29.0 Å². The van der Waals surface area contributed by atoms with E-state index < -0.39 is 27.4 Å². The number of nitrogens with one attached hydrogen (secondary N) is 2. The van der Waals surface area contributed by atoms with Gasteiger partial charge >= 0.3 is 0 Å². The summed E-state index contributed by atoms with van der Waals surface area (Å²) in [5.74, 6) is -1.65. The average Bonchev–Trinajstić information content (AvgIpc) is 2.88. The molecule has 7 nitrogen and oxygen atoms in total. The van der Waals surface area contributed by atoms with Crippen LogP contribution in [0.2, 0.25) is 0 Å². The number of aromatic nitrogens is 2. The number of benzene rings is 1. The van der Waals surface area contributed by atoms with Crippen LogP contribution in [0.3, 0.4) is 0 Å². The van der Waals surface area contributed by atoms with Crippen molar-refractivity contribution >= 4 is 27.2 Å². The van der Waals surface area contributed by atoms with Crippen molar-refractivity contribution < 1.29 is 22.0 Å². The number of hydrogen-bond donors (Lipinski definition) is 2. The molecule has 0 saturated carbocycles. The monoisotopic (exact) mass is 382 g/mol. The second-order valence-electron chi connectivity index (χ2n) is 6.01. The standard InChI is InChI=1S/C16H16F2N4O3S/c1-9-19-14(16(23)22-13-3-2-10(17)6-12(13)18)7-15(20-9)21-11-4-5-26(24,25)8-11/h2-3,6-7,11H,4-5,8H2,1H3,(H,22,23)(H,19,20,21). The Balaban J connectivity index is 1.77. The molecular formula is C16H16F2N4O3S. The fourth-order valence-corrected chi connectivity index (χ4v) is 4.33. The van der Waals surface area contributed by atoms with E-state index in [1.54, 1.807) is 6.92 Å². The second kappa shape index (κ2) is 6.94. The quantitative estimate of drug-likeness (QED) is 0.838. The maximum atomic E-state index is 13.7. The summed E-state index contributed by atoms with van der Waals surface area (Å²) in [6.07, 6.45) is 0.452. The van der Waals surface area contributed by atoms with Gasteiger partial charge in [-0.15, -0.1) is 0 Å². The van der Waals surface area contributed by atoms with Crippen LogP contribution in [0.25, 0.3) is 0 Å². The smallest absolute Gasteiger partial charge is 0.274 e. The molecule has 1 aromatic heterocycles. The SMILES string of the molecule is Cc1nc(NC2CCS(=O)(=O)C2)cc(C(=O)Nc2ccc(F)cc2F)n1. The number of sulfone groups is 1. The van der Waals surface area contributed by atoms with Gasteiger partial charge in [-0.3, -0.25) is 4.79 Å². The lowest BCUT2D eigenvalue weighted by Crippen LogP contribution is -2.22. The Kier molecular flexibility index (Phi) is 4.86. The molecule has 0 bridgehead atoms. The van der Waals surface area contributed by atoms with E-state index in [0.717, 1.165) is 12.1 Å². The highest BCUT2D eigenvalue weighted by atomic mass is 32.2. The van der Waals surface area contributed by atoms with Crippen molar-refractivity contribution in [2.75, 3.05) is 22.1 Å². The average molecular weight is 382 g/mol. The second-order valence-corrected chi connectivity index (χ2v) is 8.24. The molecule has 2 N–H and O–H groups in total. The van der Waals surface area contributed by atoms with Crippen molar-refractivity contribution in [2.24, 2.45) is 0 Å². The zero-order valence-electron chi connectivity index (χ0n) is 13.8. The van der Waals surface area contributed by atoms with E-state index in [4.69, 9.17) is 0 Å². The van der Waals surface area contributed by atoms with Crippen LogP contribution in [0.15, 0.2) is 24.3 Å². The molecule has 0 aliphatic carbocycles. The minimum absolute atomic E-state index is 0.00162. The van der Waals surface area contributed by atoms with Gasteiger partial charge in [0.15, 0.2) is 9.84 Å². The highest BCUT2D eigenvalue weighted by Gasteiger charge is 2.28. The molecule has 1 amide bonds. The number of hydrogen-bond acceptors (Lipinski definition) is 6. The van der Waals surface area contributed by atoms with Crippen molar-refractivity contribution in [1.82, 2.24) is 9.97 Å². The summed E-state index contributed by atoms with van der Waals surface area (Å²) in [6.45, 7) is 1.58. The van der Waals surface area contributed by atoms with Crippen molar-refractivity contribution in [1.29, 1.82) is 0 Å². The molecular weight excluding hydrogens is 366 g/mol. The Morgan fingerprint density at radius 1 is 1.23 bits per heavy atom. The predicted molar refractivity (Wildman–Crippen MR) is 91.8 cm³/mol. The molecule has 10 heteroatoms. The molecule has 0 radical (unpaired) electrons. The zero-order valence-corrected chi connectivity index (χ0v) is 14.6. The van der Waals surface area contributed by atoms with Crippen LogP contribution < -0.4 is 10.6 Å². The van der Waals surface area contributed by atoms with E-state index in [9.17, 15) is 22.0 Å². The number of carbonyl (C=O) groups is 1. The molecule has 3 rings (SSSR count). The first-order valence-corrected chi connectivity index (χ1v) is 9.63. The van der Waals surface area contributed by atoms with Crippen LogP contribution in [-0.2, 0) is 9.84 Å². The van der Waals surface area contributed by atoms with E-state index in [1.807, 2.05) is 0 Å². The fraction of sp³-hybridized carbons (Fsp3) is 0.312. The van der Waals surface area contributed by atoms with Gasteiger partial charge in [-0.05, 0) is 25.5 Å². The lowest BCUT2D eigenvalue weighted by atomic mass is 10.2. The number of carbonyl (C=O) groups excluding carboxylic acids is 1. The van der Waals surface area contributed by atoms with Crippen LogP contribution in [0, 0.1) is 18.6 Å². The number of amides is 1. The van der Waals surface area contributed by atoms with Crippen molar-refractivity contribution in [2.45, 2.75) is 19.4 Å². The summed E-state index contributed by atoms with van der Waals surface area (Å²) in [5.41, 5.74) is -0.200. The molecule has 1 aromatic carbocycles. The van der Waals surface area contributed by atoms with Gasteiger partial charge in [0.25, 0.3) is 5.91 Å². The molecule has 2 heterocycles. The summed E-state index contributed by atoms with van der Waals surface area (Å²) in [5, 5.41) is 5.30. The molecule has 0 spiro atoms. The first-order chi connectivity index (χ1) is 12.2. The lowest BCUT2D eigenvalue weighted by Gasteiger charge is -2.13. The third kappa shape index (κ3) is 4.31. The van der Waals surface area contributed by atoms with Gasteiger partial charge in [0.2, 0.25) is 0 Å². The number of nitrogens with zero attached hydrogens (tertiary/aromatic N) is 2. The first-order valence-electron chi connectivity index (χ1n) is 7.81. The Morgan fingerprint density at radius 2 is 2.00 bits per heavy atom. The van der Waals surface area contributed by atoms with Gasteiger partial charge in [0.05, 0.1) is 17.2 Å². The normalized spacial score (nSPS) is 18.5. The summed E-state index contributed by atoms with van der Waals surface area (Å²) in [7, 11) is -3.06. The largest absolute Gasteiger partial charge is 0.366 e. The Hall–Kier alpha value is -2.62. The highest BCUT2D eigenvalue weighted by Crippen LogP contribution is 2.19. The molecule has 1 atom stereocenters. The van der Waals surface area contributed by atoms with Gasteiger partial charge in [-0.1, -0.05) is 0 Å². The van der Waals surface area contributed by atoms with Crippen molar-refractivity contribution in [3.63, 3.8) is 0 Å². The van der Waals surface area contributed by atoms with Crippen LogP contribution in [0.1, 0.15) is 22.7 Å². The maximum Gasteiger partial charge on any atom is 0.274 e. The highest BCUT2D eigenvalue weighted by molar-refractivity contribution is 7.91. The molecule has 138 valence electrons. The first kappa shape index (κ1) is 18.2. The van der Waals surface area contributed by atoms with Crippen LogP contribution >= 0.6 is 0 Å².